The minimum atomic E-state index is -3.56. The summed E-state index contributed by atoms with van der Waals surface area (Å²) in [7, 11) is -3.56. The van der Waals surface area contributed by atoms with Gasteiger partial charge in [-0.05, 0) is 19.1 Å². The fourth-order valence-electron chi connectivity index (χ4n) is 1.71. The molecule has 1 heterocycles. The smallest absolute Gasteiger partial charge is 0.245 e. The second kappa shape index (κ2) is 7.54. The lowest BCUT2D eigenvalue weighted by Gasteiger charge is -2.21. The minimum Gasteiger partial charge on any atom is -0.380 e. The van der Waals surface area contributed by atoms with Crippen LogP contribution in [0.5, 0.6) is 0 Å². The molecular weight excluding hydrogens is 266 g/mol. The molecule has 0 unspecified atom stereocenters. The molecule has 7 heteroatoms. The number of pyridine rings is 1. The van der Waals surface area contributed by atoms with Gasteiger partial charge in [0, 0.05) is 32.4 Å². The molecule has 0 spiro atoms. The number of rotatable bonds is 8. The van der Waals surface area contributed by atoms with Crippen molar-refractivity contribution in [3.05, 3.63) is 24.0 Å². The van der Waals surface area contributed by atoms with Gasteiger partial charge in [0.2, 0.25) is 10.0 Å². The largest absolute Gasteiger partial charge is 0.380 e. The van der Waals surface area contributed by atoms with Crippen molar-refractivity contribution >= 4 is 10.0 Å². The molecule has 0 aliphatic carbocycles. The van der Waals surface area contributed by atoms with Crippen molar-refractivity contribution in [3.8, 4) is 0 Å². The van der Waals surface area contributed by atoms with Crippen molar-refractivity contribution < 1.29 is 13.2 Å². The van der Waals surface area contributed by atoms with Crippen LogP contribution in [-0.4, -0.2) is 44.0 Å². The fourth-order valence-corrected chi connectivity index (χ4v) is 3.33. The molecule has 108 valence electrons. The highest BCUT2D eigenvalue weighted by molar-refractivity contribution is 7.89. The van der Waals surface area contributed by atoms with Crippen LogP contribution in [0.1, 0.15) is 19.5 Å². The lowest BCUT2D eigenvalue weighted by molar-refractivity contribution is 0.135. The first-order valence-electron chi connectivity index (χ1n) is 6.29. The lowest BCUT2D eigenvalue weighted by Crippen LogP contribution is -2.34. The van der Waals surface area contributed by atoms with E-state index in [1.165, 1.54) is 16.6 Å². The van der Waals surface area contributed by atoms with Crippen molar-refractivity contribution in [3.63, 3.8) is 0 Å². The lowest BCUT2D eigenvalue weighted by atomic mass is 10.3. The van der Waals surface area contributed by atoms with E-state index in [0.717, 1.165) is 0 Å². The Bertz CT molecular complexity index is 491. The van der Waals surface area contributed by atoms with Gasteiger partial charge in [0.05, 0.1) is 12.3 Å². The number of sulfonamides is 1. The van der Waals surface area contributed by atoms with E-state index in [2.05, 4.69) is 4.98 Å². The van der Waals surface area contributed by atoms with E-state index in [1.54, 1.807) is 13.0 Å². The van der Waals surface area contributed by atoms with Gasteiger partial charge in [-0.2, -0.15) is 4.31 Å². The van der Waals surface area contributed by atoms with E-state index in [-0.39, 0.29) is 11.4 Å². The van der Waals surface area contributed by atoms with Crippen LogP contribution in [0.25, 0.3) is 0 Å². The molecule has 0 bridgehead atoms. The van der Waals surface area contributed by atoms with Crippen molar-refractivity contribution in [1.82, 2.24) is 9.29 Å². The van der Waals surface area contributed by atoms with Crippen LogP contribution < -0.4 is 5.73 Å². The fraction of sp³-hybridized carbons (Fsp3) is 0.583. The normalized spacial score (nSPS) is 12.0. The molecule has 0 amide bonds. The Kier molecular flexibility index (Phi) is 6.36. The Morgan fingerprint density at radius 3 is 2.74 bits per heavy atom. The average molecular weight is 287 g/mol. The number of ether oxygens (including phenoxy) is 1. The Morgan fingerprint density at radius 2 is 2.16 bits per heavy atom. The predicted octanol–water partition coefficient (Wildman–Crippen LogP) is 0.587. The van der Waals surface area contributed by atoms with Gasteiger partial charge in [-0.3, -0.25) is 4.98 Å². The first-order chi connectivity index (χ1) is 9.07. The third-order valence-corrected chi connectivity index (χ3v) is 4.75. The number of aromatic nitrogens is 1. The molecule has 0 radical (unpaired) electrons. The summed E-state index contributed by atoms with van der Waals surface area (Å²) in [5.41, 5.74) is 5.93. The first kappa shape index (κ1) is 16.0. The molecule has 0 saturated carbocycles. The predicted molar refractivity (Wildman–Crippen MR) is 73.1 cm³/mol. The molecule has 0 aliphatic heterocycles. The Hall–Kier alpha value is -1.02. The van der Waals surface area contributed by atoms with Gasteiger partial charge < -0.3 is 10.5 Å². The molecule has 1 aromatic rings. The molecule has 2 N–H and O–H groups in total. The van der Waals surface area contributed by atoms with Crippen LogP contribution in [-0.2, 0) is 21.3 Å². The summed E-state index contributed by atoms with van der Waals surface area (Å²) in [5.74, 6) is 0. The van der Waals surface area contributed by atoms with Gasteiger partial charge in [-0.1, -0.05) is 6.92 Å². The van der Waals surface area contributed by atoms with Crippen molar-refractivity contribution in [2.45, 2.75) is 25.3 Å². The molecule has 0 saturated heterocycles. The topological polar surface area (TPSA) is 85.5 Å². The van der Waals surface area contributed by atoms with Crippen molar-refractivity contribution in [2.24, 2.45) is 5.73 Å². The molecule has 6 nitrogen and oxygen atoms in total. The molecule has 1 rings (SSSR count). The third kappa shape index (κ3) is 3.97. The van der Waals surface area contributed by atoms with E-state index in [0.29, 0.717) is 32.0 Å². The van der Waals surface area contributed by atoms with E-state index in [1.807, 2.05) is 6.92 Å². The summed E-state index contributed by atoms with van der Waals surface area (Å²) >= 11 is 0. The molecule has 19 heavy (non-hydrogen) atoms. The van der Waals surface area contributed by atoms with Gasteiger partial charge in [0.25, 0.3) is 0 Å². The Labute approximate surface area is 114 Å². The van der Waals surface area contributed by atoms with Crippen molar-refractivity contribution in [1.29, 1.82) is 0 Å². The quantitative estimate of drug-likeness (QED) is 0.707. The van der Waals surface area contributed by atoms with Crippen LogP contribution in [0.3, 0.4) is 0 Å². The summed E-state index contributed by atoms with van der Waals surface area (Å²) in [6.07, 6.45) is 1.54. The first-order valence-corrected chi connectivity index (χ1v) is 7.73. The summed E-state index contributed by atoms with van der Waals surface area (Å²) in [4.78, 5) is 4.19. The number of hydrogen-bond donors (Lipinski definition) is 1. The highest BCUT2D eigenvalue weighted by Gasteiger charge is 2.25. The SMILES string of the molecule is CCOCCN(CC)S(=O)(=O)c1cccnc1CN. The van der Waals surface area contributed by atoms with Crippen molar-refractivity contribution in [2.75, 3.05) is 26.3 Å². The Balaban J connectivity index is 2.99. The zero-order chi connectivity index (χ0) is 14.3. The van der Waals surface area contributed by atoms with Gasteiger partial charge in [-0.15, -0.1) is 0 Å². The minimum absolute atomic E-state index is 0.0957. The van der Waals surface area contributed by atoms with Gasteiger partial charge in [0.1, 0.15) is 4.90 Å². The van der Waals surface area contributed by atoms with Gasteiger partial charge >= 0.3 is 0 Å². The van der Waals surface area contributed by atoms with Crippen LogP contribution in [0.15, 0.2) is 23.2 Å². The summed E-state index contributed by atoms with van der Waals surface area (Å²) < 4.78 is 31.6. The molecular formula is C12H21N3O3S. The molecule has 1 aromatic heterocycles. The van der Waals surface area contributed by atoms with Crippen LogP contribution in [0, 0.1) is 0 Å². The zero-order valence-corrected chi connectivity index (χ0v) is 12.2. The monoisotopic (exact) mass is 287 g/mol. The van der Waals surface area contributed by atoms with Crippen LogP contribution >= 0.6 is 0 Å². The van der Waals surface area contributed by atoms with Crippen LogP contribution in [0.4, 0.5) is 0 Å². The second-order valence-electron chi connectivity index (χ2n) is 3.85. The molecule has 0 fully saturated rings. The van der Waals surface area contributed by atoms with E-state index in [4.69, 9.17) is 10.5 Å². The van der Waals surface area contributed by atoms with E-state index >= 15 is 0 Å². The average Bonchev–Trinajstić information content (AvgIpc) is 2.43. The summed E-state index contributed by atoms with van der Waals surface area (Å²) in [6, 6.07) is 3.14. The summed E-state index contributed by atoms with van der Waals surface area (Å²) in [6.45, 7) is 5.42. The number of likely N-dealkylation sites (N-methyl/N-ethyl adjacent to an activating group) is 1. The summed E-state index contributed by atoms with van der Waals surface area (Å²) in [5, 5.41) is 0. The maximum atomic E-state index is 12.5. The third-order valence-electron chi connectivity index (χ3n) is 2.70. The van der Waals surface area contributed by atoms with Crippen LogP contribution in [0.2, 0.25) is 0 Å². The highest BCUT2D eigenvalue weighted by Crippen LogP contribution is 2.17. The highest BCUT2D eigenvalue weighted by atomic mass is 32.2. The van der Waals surface area contributed by atoms with Gasteiger partial charge in [0.15, 0.2) is 0 Å². The second-order valence-corrected chi connectivity index (χ2v) is 5.75. The maximum absolute atomic E-state index is 12.5. The molecule has 0 aromatic carbocycles. The Morgan fingerprint density at radius 1 is 1.42 bits per heavy atom. The number of hydrogen-bond acceptors (Lipinski definition) is 5. The number of nitrogens with two attached hydrogens (primary N) is 1. The number of nitrogens with zero attached hydrogens (tertiary/aromatic N) is 2. The van der Waals surface area contributed by atoms with Gasteiger partial charge in [-0.25, -0.2) is 8.42 Å². The standard InChI is InChI=1S/C12H21N3O3S/c1-3-15(8-9-18-4-2)19(16,17)12-6-5-7-14-11(12)10-13/h5-7H,3-4,8-10,13H2,1-2H3. The zero-order valence-electron chi connectivity index (χ0n) is 11.4. The molecule has 0 aliphatic rings. The van der Waals surface area contributed by atoms with E-state index < -0.39 is 10.0 Å². The molecule has 0 atom stereocenters. The van der Waals surface area contributed by atoms with E-state index in [9.17, 15) is 8.42 Å². The maximum Gasteiger partial charge on any atom is 0.245 e.